The van der Waals surface area contributed by atoms with E-state index in [0.29, 0.717) is 5.69 Å². The average molecular weight is 176 g/mol. The van der Waals surface area contributed by atoms with Crippen LogP contribution in [0.15, 0.2) is 12.1 Å². The van der Waals surface area contributed by atoms with Gasteiger partial charge in [0.1, 0.15) is 5.82 Å². The van der Waals surface area contributed by atoms with Crippen molar-refractivity contribution in [1.82, 2.24) is 14.6 Å². The number of nitrogens with two attached hydrogens (primary N) is 1. The number of fused-ring (bicyclic) bond motifs is 1. The first kappa shape index (κ1) is 8.04. The van der Waals surface area contributed by atoms with Gasteiger partial charge >= 0.3 is 0 Å². The molecule has 0 aromatic carbocycles. The highest BCUT2D eigenvalue weighted by Crippen LogP contribution is 2.14. The molecule has 0 amide bonds. The van der Waals surface area contributed by atoms with Crippen LogP contribution in [0.3, 0.4) is 0 Å². The minimum absolute atomic E-state index is 0.679. The lowest BCUT2D eigenvalue weighted by Gasteiger charge is -2.02. The van der Waals surface area contributed by atoms with Crippen LogP contribution in [0, 0.1) is 6.92 Å². The molecule has 2 heterocycles. The van der Waals surface area contributed by atoms with Crippen molar-refractivity contribution in [3.05, 3.63) is 23.7 Å². The largest absolute Gasteiger partial charge is 0.396 e. The second-order valence-corrected chi connectivity index (χ2v) is 3.06. The monoisotopic (exact) mass is 176 g/mol. The third kappa shape index (κ3) is 1.06. The Labute approximate surface area is 76.4 Å². The molecule has 0 aliphatic heterocycles. The highest BCUT2D eigenvalue weighted by molar-refractivity contribution is 5.64. The molecule has 0 saturated carbocycles. The van der Waals surface area contributed by atoms with Crippen molar-refractivity contribution in [2.45, 2.75) is 20.3 Å². The maximum Gasteiger partial charge on any atom is 0.184 e. The highest BCUT2D eigenvalue weighted by atomic mass is 15.3. The maximum atomic E-state index is 5.77. The first-order chi connectivity index (χ1) is 6.24. The molecule has 2 aromatic rings. The van der Waals surface area contributed by atoms with E-state index < -0.39 is 0 Å². The summed E-state index contributed by atoms with van der Waals surface area (Å²) in [5, 5.41) is 8.11. The predicted molar refractivity (Wildman–Crippen MR) is 51.5 cm³/mol. The summed E-state index contributed by atoms with van der Waals surface area (Å²) >= 11 is 0. The Hall–Kier alpha value is -1.58. The molecule has 0 saturated heterocycles. The second-order valence-electron chi connectivity index (χ2n) is 3.06. The summed E-state index contributed by atoms with van der Waals surface area (Å²) in [5.74, 6) is 0.958. The van der Waals surface area contributed by atoms with E-state index in [2.05, 4.69) is 17.1 Å². The number of nitrogen functional groups attached to an aromatic ring is 1. The molecular weight excluding hydrogens is 164 g/mol. The average Bonchev–Trinajstić information content (AvgIpc) is 2.56. The van der Waals surface area contributed by atoms with Crippen LogP contribution in [0.4, 0.5) is 5.69 Å². The van der Waals surface area contributed by atoms with Gasteiger partial charge in [0.25, 0.3) is 0 Å². The van der Waals surface area contributed by atoms with E-state index in [1.54, 1.807) is 0 Å². The molecule has 2 rings (SSSR count). The summed E-state index contributed by atoms with van der Waals surface area (Å²) in [5.41, 5.74) is 8.33. The number of nitrogens with zero attached hydrogens (tertiary/aromatic N) is 3. The van der Waals surface area contributed by atoms with Crippen LogP contribution in [-0.4, -0.2) is 14.6 Å². The number of anilines is 1. The van der Waals surface area contributed by atoms with Gasteiger partial charge in [0.15, 0.2) is 5.65 Å². The summed E-state index contributed by atoms with van der Waals surface area (Å²) in [6.45, 7) is 4.08. The minimum atomic E-state index is 0.679. The highest BCUT2D eigenvalue weighted by Gasteiger charge is 2.07. The predicted octanol–water partition coefficient (Wildman–Crippen LogP) is 1.18. The number of aromatic nitrogens is 3. The lowest BCUT2D eigenvalue weighted by molar-refractivity contribution is 0.892. The molecule has 68 valence electrons. The molecule has 13 heavy (non-hydrogen) atoms. The zero-order valence-corrected chi connectivity index (χ0v) is 7.78. The molecular formula is C9H12N4. The molecule has 0 bridgehead atoms. The number of pyridine rings is 1. The fraction of sp³-hybridized carbons (Fsp3) is 0.333. The third-order valence-electron chi connectivity index (χ3n) is 2.16. The Morgan fingerprint density at radius 3 is 2.85 bits per heavy atom. The Bertz CT molecular complexity index is 444. The zero-order chi connectivity index (χ0) is 9.42. The molecule has 0 unspecified atom stereocenters. The molecule has 0 atom stereocenters. The molecule has 0 radical (unpaired) electrons. The summed E-state index contributed by atoms with van der Waals surface area (Å²) in [6, 6.07) is 3.84. The van der Waals surface area contributed by atoms with Crippen LogP contribution >= 0.6 is 0 Å². The van der Waals surface area contributed by atoms with Gasteiger partial charge in [-0.1, -0.05) is 6.92 Å². The Balaban J connectivity index is 2.87. The SMILES string of the molecule is CCc1nnc2c(N)ccc(C)n12. The minimum Gasteiger partial charge on any atom is -0.396 e. The summed E-state index contributed by atoms with van der Waals surface area (Å²) in [7, 11) is 0. The Morgan fingerprint density at radius 1 is 1.38 bits per heavy atom. The maximum absolute atomic E-state index is 5.77. The number of hydrogen-bond donors (Lipinski definition) is 1. The van der Waals surface area contributed by atoms with Gasteiger partial charge in [-0.15, -0.1) is 10.2 Å². The van der Waals surface area contributed by atoms with Crippen molar-refractivity contribution in [1.29, 1.82) is 0 Å². The first-order valence-corrected chi connectivity index (χ1v) is 4.33. The van der Waals surface area contributed by atoms with Gasteiger partial charge in [0, 0.05) is 12.1 Å². The fourth-order valence-corrected chi connectivity index (χ4v) is 1.46. The number of rotatable bonds is 1. The van der Waals surface area contributed by atoms with Gasteiger partial charge in [0.2, 0.25) is 0 Å². The van der Waals surface area contributed by atoms with Crippen LogP contribution in [0.1, 0.15) is 18.4 Å². The van der Waals surface area contributed by atoms with Crippen molar-refractivity contribution in [2.24, 2.45) is 0 Å². The van der Waals surface area contributed by atoms with E-state index >= 15 is 0 Å². The summed E-state index contributed by atoms with van der Waals surface area (Å²) < 4.78 is 2.00. The lowest BCUT2D eigenvalue weighted by atomic mass is 10.3. The number of hydrogen-bond acceptors (Lipinski definition) is 3. The van der Waals surface area contributed by atoms with E-state index in [1.807, 2.05) is 23.5 Å². The smallest absolute Gasteiger partial charge is 0.184 e. The van der Waals surface area contributed by atoms with E-state index in [4.69, 9.17) is 5.73 Å². The van der Waals surface area contributed by atoms with Gasteiger partial charge in [-0.3, -0.25) is 4.40 Å². The van der Waals surface area contributed by atoms with E-state index in [0.717, 1.165) is 23.6 Å². The topological polar surface area (TPSA) is 56.2 Å². The van der Waals surface area contributed by atoms with Crippen LogP contribution in [0.5, 0.6) is 0 Å². The van der Waals surface area contributed by atoms with Crippen molar-refractivity contribution >= 4 is 11.3 Å². The molecule has 4 heteroatoms. The van der Waals surface area contributed by atoms with Crippen molar-refractivity contribution < 1.29 is 0 Å². The molecule has 4 nitrogen and oxygen atoms in total. The van der Waals surface area contributed by atoms with Gasteiger partial charge in [-0.25, -0.2) is 0 Å². The molecule has 0 aliphatic rings. The zero-order valence-electron chi connectivity index (χ0n) is 7.78. The van der Waals surface area contributed by atoms with E-state index in [1.165, 1.54) is 0 Å². The van der Waals surface area contributed by atoms with Crippen LogP contribution < -0.4 is 5.73 Å². The van der Waals surface area contributed by atoms with Crippen molar-refractivity contribution in [3.8, 4) is 0 Å². The van der Waals surface area contributed by atoms with Crippen molar-refractivity contribution in [3.63, 3.8) is 0 Å². The van der Waals surface area contributed by atoms with Gasteiger partial charge < -0.3 is 5.73 Å². The van der Waals surface area contributed by atoms with Gasteiger partial charge in [-0.2, -0.15) is 0 Å². The van der Waals surface area contributed by atoms with E-state index in [9.17, 15) is 0 Å². The van der Waals surface area contributed by atoms with Gasteiger partial charge in [0.05, 0.1) is 5.69 Å². The molecule has 0 spiro atoms. The van der Waals surface area contributed by atoms with Crippen LogP contribution in [-0.2, 0) is 6.42 Å². The Morgan fingerprint density at radius 2 is 2.15 bits per heavy atom. The standard InChI is InChI=1S/C9H12N4/c1-3-8-11-12-9-7(10)5-4-6(2)13(8)9/h4-5H,3,10H2,1-2H3. The summed E-state index contributed by atoms with van der Waals surface area (Å²) in [4.78, 5) is 0. The van der Waals surface area contributed by atoms with Crippen LogP contribution in [0.2, 0.25) is 0 Å². The molecule has 0 aliphatic carbocycles. The normalized spacial score (nSPS) is 10.9. The third-order valence-corrected chi connectivity index (χ3v) is 2.16. The number of aryl methyl sites for hydroxylation is 2. The molecule has 2 N–H and O–H groups in total. The quantitative estimate of drug-likeness (QED) is 0.709. The first-order valence-electron chi connectivity index (χ1n) is 4.33. The summed E-state index contributed by atoms with van der Waals surface area (Å²) in [6.07, 6.45) is 0.867. The van der Waals surface area contributed by atoms with Gasteiger partial charge in [-0.05, 0) is 19.1 Å². The molecule has 2 aromatic heterocycles. The second kappa shape index (κ2) is 2.73. The van der Waals surface area contributed by atoms with E-state index in [-0.39, 0.29) is 0 Å². The fourth-order valence-electron chi connectivity index (χ4n) is 1.46. The lowest BCUT2D eigenvalue weighted by Crippen LogP contribution is -1.99. The van der Waals surface area contributed by atoms with Crippen molar-refractivity contribution in [2.75, 3.05) is 5.73 Å². The van der Waals surface area contributed by atoms with Crippen LogP contribution in [0.25, 0.3) is 5.65 Å². The molecule has 0 fully saturated rings. The Kier molecular flexibility index (Phi) is 1.69.